The standard InChI is InChI=1S/C9H18N2O3/c1-3-14-8(13)5-4-6-11-9(10)7(2)12/h7,12H,3-6H2,1-2H3,(H2,10,11). The smallest absolute Gasteiger partial charge is 0.305 e. The number of nitrogens with two attached hydrogens (primary N) is 1. The van der Waals surface area contributed by atoms with Crippen LogP contribution in [-0.4, -0.2) is 36.2 Å². The number of rotatable bonds is 6. The van der Waals surface area contributed by atoms with Crippen molar-refractivity contribution in [1.29, 1.82) is 0 Å². The summed E-state index contributed by atoms with van der Waals surface area (Å²) in [5.41, 5.74) is 5.38. The minimum atomic E-state index is -0.724. The molecule has 1 atom stereocenters. The number of carbonyl (C=O) groups excluding carboxylic acids is 1. The first kappa shape index (κ1) is 12.9. The zero-order chi connectivity index (χ0) is 11.0. The summed E-state index contributed by atoms with van der Waals surface area (Å²) in [4.78, 5) is 14.8. The molecule has 0 rings (SSSR count). The van der Waals surface area contributed by atoms with Crippen molar-refractivity contribution >= 4 is 11.8 Å². The molecule has 0 heterocycles. The van der Waals surface area contributed by atoms with Crippen LogP contribution in [0.2, 0.25) is 0 Å². The van der Waals surface area contributed by atoms with Crippen molar-refractivity contribution in [3.63, 3.8) is 0 Å². The summed E-state index contributed by atoms with van der Waals surface area (Å²) in [6.45, 7) is 4.15. The van der Waals surface area contributed by atoms with Gasteiger partial charge >= 0.3 is 5.97 Å². The van der Waals surface area contributed by atoms with E-state index in [1.807, 2.05) is 0 Å². The fraction of sp³-hybridized carbons (Fsp3) is 0.778. The average molecular weight is 202 g/mol. The first-order valence-corrected chi connectivity index (χ1v) is 4.71. The molecule has 3 N–H and O–H groups in total. The number of aliphatic imine (C=N–C) groups is 1. The van der Waals surface area contributed by atoms with Crippen LogP contribution in [0.15, 0.2) is 4.99 Å². The number of hydrogen-bond donors (Lipinski definition) is 2. The Labute approximate surface area is 84.0 Å². The van der Waals surface area contributed by atoms with Crippen LogP contribution < -0.4 is 5.73 Å². The molecule has 5 nitrogen and oxygen atoms in total. The van der Waals surface area contributed by atoms with E-state index in [0.717, 1.165) is 0 Å². The Bertz CT molecular complexity index is 202. The van der Waals surface area contributed by atoms with Crippen LogP contribution in [0.4, 0.5) is 0 Å². The minimum Gasteiger partial charge on any atom is -0.466 e. The highest BCUT2D eigenvalue weighted by molar-refractivity contribution is 5.84. The maximum absolute atomic E-state index is 10.9. The van der Waals surface area contributed by atoms with Crippen molar-refractivity contribution in [2.45, 2.75) is 32.8 Å². The van der Waals surface area contributed by atoms with Crippen molar-refractivity contribution in [1.82, 2.24) is 0 Å². The third-order valence-electron chi connectivity index (χ3n) is 1.57. The Morgan fingerprint density at radius 2 is 2.29 bits per heavy atom. The van der Waals surface area contributed by atoms with Gasteiger partial charge in [-0.3, -0.25) is 9.79 Å². The number of aliphatic hydroxyl groups is 1. The van der Waals surface area contributed by atoms with Gasteiger partial charge in [-0.05, 0) is 20.3 Å². The van der Waals surface area contributed by atoms with Gasteiger partial charge in [-0.25, -0.2) is 0 Å². The van der Waals surface area contributed by atoms with Crippen molar-refractivity contribution < 1.29 is 14.6 Å². The molecule has 0 saturated carbocycles. The second-order valence-electron chi connectivity index (χ2n) is 2.89. The number of hydrogen-bond acceptors (Lipinski definition) is 4. The molecule has 0 fully saturated rings. The first-order valence-electron chi connectivity index (χ1n) is 4.71. The van der Waals surface area contributed by atoms with Gasteiger partial charge in [0.15, 0.2) is 0 Å². The maximum atomic E-state index is 10.9. The number of aliphatic hydroxyl groups excluding tert-OH is 1. The quantitative estimate of drug-likeness (QED) is 0.276. The van der Waals surface area contributed by atoms with Crippen LogP contribution in [0, 0.1) is 0 Å². The Hall–Kier alpha value is -1.10. The molecule has 0 aliphatic rings. The summed E-state index contributed by atoms with van der Waals surface area (Å²) < 4.78 is 4.73. The van der Waals surface area contributed by atoms with Gasteiger partial charge in [-0.1, -0.05) is 0 Å². The molecule has 0 aromatic rings. The maximum Gasteiger partial charge on any atom is 0.305 e. The second-order valence-corrected chi connectivity index (χ2v) is 2.89. The van der Waals surface area contributed by atoms with Gasteiger partial charge in [-0.2, -0.15) is 0 Å². The average Bonchev–Trinajstić information content (AvgIpc) is 2.12. The van der Waals surface area contributed by atoms with E-state index < -0.39 is 6.10 Å². The summed E-state index contributed by atoms with van der Waals surface area (Å²) in [6.07, 6.45) is 0.203. The molecular formula is C9H18N2O3. The summed E-state index contributed by atoms with van der Waals surface area (Å²) in [6, 6.07) is 0. The zero-order valence-electron chi connectivity index (χ0n) is 8.69. The number of carbonyl (C=O) groups is 1. The van der Waals surface area contributed by atoms with E-state index >= 15 is 0 Å². The molecular weight excluding hydrogens is 184 g/mol. The molecule has 0 spiro atoms. The molecule has 0 saturated heterocycles. The normalized spacial score (nSPS) is 13.8. The van der Waals surface area contributed by atoms with Crippen LogP contribution in [0.5, 0.6) is 0 Å². The molecule has 0 aromatic heterocycles. The lowest BCUT2D eigenvalue weighted by Gasteiger charge is -2.03. The lowest BCUT2D eigenvalue weighted by atomic mass is 10.3. The molecule has 1 unspecified atom stereocenters. The van der Waals surface area contributed by atoms with Gasteiger partial charge in [0.25, 0.3) is 0 Å². The summed E-state index contributed by atoms with van der Waals surface area (Å²) in [5, 5.41) is 8.97. The van der Waals surface area contributed by atoms with Crippen LogP contribution in [0.25, 0.3) is 0 Å². The fourth-order valence-electron chi connectivity index (χ4n) is 0.797. The van der Waals surface area contributed by atoms with Gasteiger partial charge in [0.05, 0.1) is 6.61 Å². The Morgan fingerprint density at radius 1 is 1.64 bits per heavy atom. The molecule has 0 radical (unpaired) electrons. The van der Waals surface area contributed by atoms with Crippen molar-refractivity contribution in [3.8, 4) is 0 Å². The van der Waals surface area contributed by atoms with E-state index in [-0.39, 0.29) is 11.8 Å². The highest BCUT2D eigenvalue weighted by atomic mass is 16.5. The highest BCUT2D eigenvalue weighted by Crippen LogP contribution is 1.94. The fourth-order valence-corrected chi connectivity index (χ4v) is 0.797. The molecule has 5 heteroatoms. The second kappa shape index (κ2) is 7.32. The van der Waals surface area contributed by atoms with E-state index in [4.69, 9.17) is 15.6 Å². The van der Waals surface area contributed by atoms with Crippen molar-refractivity contribution in [3.05, 3.63) is 0 Å². The summed E-state index contributed by atoms with van der Waals surface area (Å²) in [5.74, 6) is -0.0211. The zero-order valence-corrected chi connectivity index (χ0v) is 8.69. The summed E-state index contributed by atoms with van der Waals surface area (Å²) in [7, 11) is 0. The molecule has 0 aromatic carbocycles. The lowest BCUT2D eigenvalue weighted by molar-refractivity contribution is -0.143. The van der Waals surface area contributed by atoms with Gasteiger partial charge in [0, 0.05) is 13.0 Å². The molecule has 82 valence electrons. The molecule has 14 heavy (non-hydrogen) atoms. The molecule has 0 aliphatic heterocycles. The van der Waals surface area contributed by atoms with Crippen LogP contribution in [0.3, 0.4) is 0 Å². The molecule has 0 bridgehead atoms. The van der Waals surface area contributed by atoms with Crippen LogP contribution >= 0.6 is 0 Å². The Morgan fingerprint density at radius 3 is 2.79 bits per heavy atom. The van der Waals surface area contributed by atoms with E-state index in [1.165, 1.54) is 0 Å². The van der Waals surface area contributed by atoms with Crippen molar-refractivity contribution in [2.24, 2.45) is 10.7 Å². The van der Waals surface area contributed by atoms with E-state index in [9.17, 15) is 4.79 Å². The monoisotopic (exact) mass is 202 g/mol. The Balaban J connectivity index is 3.55. The van der Waals surface area contributed by atoms with Crippen LogP contribution in [-0.2, 0) is 9.53 Å². The SMILES string of the molecule is CCOC(=O)CCCN=C(N)C(C)O. The van der Waals surface area contributed by atoms with E-state index in [0.29, 0.717) is 26.0 Å². The molecule has 0 amide bonds. The predicted molar refractivity (Wildman–Crippen MR) is 54.0 cm³/mol. The number of ether oxygens (including phenoxy) is 1. The van der Waals surface area contributed by atoms with E-state index in [2.05, 4.69) is 4.99 Å². The van der Waals surface area contributed by atoms with Gasteiger partial charge in [0.2, 0.25) is 0 Å². The number of esters is 1. The van der Waals surface area contributed by atoms with Gasteiger partial charge in [-0.15, -0.1) is 0 Å². The van der Waals surface area contributed by atoms with Crippen molar-refractivity contribution in [2.75, 3.05) is 13.2 Å². The third-order valence-corrected chi connectivity index (χ3v) is 1.57. The lowest BCUT2D eigenvalue weighted by Crippen LogP contribution is -2.26. The number of amidine groups is 1. The minimum absolute atomic E-state index is 0.203. The summed E-state index contributed by atoms with van der Waals surface area (Å²) >= 11 is 0. The highest BCUT2D eigenvalue weighted by Gasteiger charge is 2.02. The Kier molecular flexibility index (Phi) is 6.74. The predicted octanol–water partition coefficient (Wildman–Crippen LogP) is 0.0677. The van der Waals surface area contributed by atoms with Crippen LogP contribution in [0.1, 0.15) is 26.7 Å². The van der Waals surface area contributed by atoms with Gasteiger partial charge < -0.3 is 15.6 Å². The van der Waals surface area contributed by atoms with E-state index in [1.54, 1.807) is 13.8 Å². The largest absolute Gasteiger partial charge is 0.466 e. The number of nitrogens with zero attached hydrogens (tertiary/aromatic N) is 1. The van der Waals surface area contributed by atoms with Gasteiger partial charge in [0.1, 0.15) is 11.9 Å². The molecule has 0 aliphatic carbocycles. The third kappa shape index (κ3) is 6.42. The topological polar surface area (TPSA) is 84.9 Å². The first-order chi connectivity index (χ1) is 6.57.